The van der Waals surface area contributed by atoms with Gasteiger partial charge in [0.2, 0.25) is 10.0 Å². The predicted molar refractivity (Wildman–Crippen MR) is 65.9 cm³/mol. The van der Waals surface area contributed by atoms with E-state index in [1.54, 1.807) is 6.92 Å². The van der Waals surface area contributed by atoms with Crippen molar-refractivity contribution < 1.29 is 12.8 Å². The lowest BCUT2D eigenvalue weighted by molar-refractivity contribution is 0.567. The minimum Gasteiger partial charge on any atom is -0.207 e. The van der Waals surface area contributed by atoms with Crippen molar-refractivity contribution in [3.05, 3.63) is 29.1 Å². The van der Waals surface area contributed by atoms with E-state index in [1.165, 1.54) is 13.8 Å². The van der Waals surface area contributed by atoms with E-state index in [-0.39, 0.29) is 4.90 Å². The first-order chi connectivity index (χ1) is 8.31. The molecule has 6 heteroatoms. The SMILES string of the molecule is CCC(C#N)NS(=O)(=O)c1c(C)cc(F)cc1C. The summed E-state index contributed by atoms with van der Waals surface area (Å²) < 4.78 is 39.7. The van der Waals surface area contributed by atoms with Crippen molar-refractivity contribution in [1.82, 2.24) is 4.72 Å². The minimum atomic E-state index is -3.80. The summed E-state index contributed by atoms with van der Waals surface area (Å²) in [4.78, 5) is 0.0394. The van der Waals surface area contributed by atoms with Gasteiger partial charge >= 0.3 is 0 Å². The molecule has 0 aliphatic rings. The van der Waals surface area contributed by atoms with Crippen LogP contribution in [0.4, 0.5) is 4.39 Å². The Morgan fingerprint density at radius 3 is 2.28 bits per heavy atom. The van der Waals surface area contributed by atoms with Crippen LogP contribution in [-0.4, -0.2) is 14.5 Å². The zero-order chi connectivity index (χ0) is 13.9. The Balaban J connectivity index is 3.26. The maximum Gasteiger partial charge on any atom is 0.242 e. The van der Waals surface area contributed by atoms with E-state index in [0.717, 1.165) is 12.1 Å². The van der Waals surface area contributed by atoms with Crippen molar-refractivity contribution in [2.24, 2.45) is 0 Å². The Bertz CT molecular complexity index is 568. The second-order valence-corrected chi connectivity index (χ2v) is 5.73. The molecule has 0 bridgehead atoms. The normalized spacial score (nSPS) is 13.1. The maximum atomic E-state index is 13.1. The second-order valence-electron chi connectivity index (χ2n) is 4.08. The number of hydrogen-bond donors (Lipinski definition) is 1. The lowest BCUT2D eigenvalue weighted by Crippen LogP contribution is -2.34. The number of nitriles is 1. The van der Waals surface area contributed by atoms with Crippen molar-refractivity contribution in [2.75, 3.05) is 0 Å². The number of nitrogens with zero attached hydrogens (tertiary/aromatic N) is 1. The topological polar surface area (TPSA) is 70.0 Å². The fraction of sp³-hybridized carbons (Fsp3) is 0.417. The number of nitrogens with one attached hydrogen (secondary N) is 1. The van der Waals surface area contributed by atoms with Crippen LogP contribution >= 0.6 is 0 Å². The van der Waals surface area contributed by atoms with Crippen LogP contribution in [0.3, 0.4) is 0 Å². The number of benzene rings is 1. The van der Waals surface area contributed by atoms with Crippen LogP contribution in [-0.2, 0) is 10.0 Å². The molecule has 0 aliphatic heterocycles. The summed E-state index contributed by atoms with van der Waals surface area (Å²) in [5.74, 6) is -0.476. The Morgan fingerprint density at radius 1 is 1.39 bits per heavy atom. The quantitative estimate of drug-likeness (QED) is 0.910. The van der Waals surface area contributed by atoms with Crippen molar-refractivity contribution in [2.45, 2.75) is 38.1 Å². The zero-order valence-corrected chi connectivity index (χ0v) is 11.3. The summed E-state index contributed by atoms with van der Waals surface area (Å²) in [6.07, 6.45) is 0.370. The van der Waals surface area contributed by atoms with E-state index < -0.39 is 21.9 Å². The molecule has 0 amide bonds. The molecule has 4 nitrogen and oxygen atoms in total. The van der Waals surface area contributed by atoms with Crippen LogP contribution < -0.4 is 4.72 Å². The standard InChI is InChI=1S/C12H15FN2O2S/c1-4-11(7-14)15-18(16,17)12-8(2)5-10(13)6-9(12)3/h5-6,11,15H,4H2,1-3H3. The van der Waals surface area contributed by atoms with Gasteiger partial charge in [0.15, 0.2) is 0 Å². The van der Waals surface area contributed by atoms with E-state index in [0.29, 0.717) is 17.5 Å². The average molecular weight is 270 g/mol. The molecule has 98 valence electrons. The van der Waals surface area contributed by atoms with E-state index in [9.17, 15) is 12.8 Å². The molecule has 0 saturated heterocycles. The summed E-state index contributed by atoms with van der Waals surface area (Å²) in [6, 6.07) is 3.41. The highest BCUT2D eigenvalue weighted by Crippen LogP contribution is 2.21. The third-order valence-corrected chi connectivity index (χ3v) is 4.33. The molecule has 1 aromatic carbocycles. The lowest BCUT2D eigenvalue weighted by Gasteiger charge is -2.14. The van der Waals surface area contributed by atoms with E-state index in [2.05, 4.69) is 4.72 Å². The molecule has 0 aromatic heterocycles. The molecule has 1 rings (SSSR count). The largest absolute Gasteiger partial charge is 0.242 e. The fourth-order valence-electron chi connectivity index (χ4n) is 1.77. The van der Waals surface area contributed by atoms with Gasteiger partial charge in [0.05, 0.1) is 11.0 Å². The molecule has 18 heavy (non-hydrogen) atoms. The molecule has 1 atom stereocenters. The van der Waals surface area contributed by atoms with Crippen LogP contribution in [0.15, 0.2) is 17.0 Å². The molecular formula is C12H15FN2O2S. The Kier molecular flexibility index (Phi) is 4.43. The molecule has 1 unspecified atom stereocenters. The Labute approximate surface area is 106 Å². The molecule has 1 aromatic rings. The Morgan fingerprint density at radius 2 is 1.89 bits per heavy atom. The lowest BCUT2D eigenvalue weighted by atomic mass is 10.1. The summed E-state index contributed by atoms with van der Waals surface area (Å²) >= 11 is 0. The summed E-state index contributed by atoms with van der Waals surface area (Å²) in [5.41, 5.74) is 0.653. The molecule has 0 aliphatic carbocycles. The first-order valence-electron chi connectivity index (χ1n) is 5.50. The molecule has 0 fully saturated rings. The minimum absolute atomic E-state index is 0.0394. The van der Waals surface area contributed by atoms with Crippen LogP contribution in [0.5, 0.6) is 0 Å². The first kappa shape index (κ1) is 14.6. The van der Waals surface area contributed by atoms with Crippen molar-refractivity contribution in [3.8, 4) is 6.07 Å². The van der Waals surface area contributed by atoms with Crippen molar-refractivity contribution in [1.29, 1.82) is 5.26 Å². The van der Waals surface area contributed by atoms with Gasteiger partial charge in [0.25, 0.3) is 0 Å². The van der Waals surface area contributed by atoms with Crippen LogP contribution in [0, 0.1) is 31.0 Å². The molecular weight excluding hydrogens is 255 g/mol. The maximum absolute atomic E-state index is 13.1. The Hall–Kier alpha value is -1.45. The third kappa shape index (κ3) is 3.06. The highest BCUT2D eigenvalue weighted by atomic mass is 32.2. The number of aryl methyl sites for hydroxylation is 2. The van der Waals surface area contributed by atoms with Crippen LogP contribution in [0.1, 0.15) is 24.5 Å². The van der Waals surface area contributed by atoms with Gasteiger partial charge in [0, 0.05) is 0 Å². The van der Waals surface area contributed by atoms with Gasteiger partial charge in [-0.15, -0.1) is 0 Å². The highest BCUT2D eigenvalue weighted by Gasteiger charge is 2.23. The van der Waals surface area contributed by atoms with Gasteiger partial charge in [-0.2, -0.15) is 9.98 Å². The number of hydrogen-bond acceptors (Lipinski definition) is 3. The van der Waals surface area contributed by atoms with Crippen LogP contribution in [0.25, 0.3) is 0 Å². The summed E-state index contributed by atoms with van der Waals surface area (Å²) in [7, 11) is -3.80. The van der Waals surface area contributed by atoms with Crippen molar-refractivity contribution in [3.63, 3.8) is 0 Å². The van der Waals surface area contributed by atoms with Gasteiger partial charge in [0.1, 0.15) is 11.9 Å². The number of sulfonamides is 1. The molecule has 0 heterocycles. The van der Waals surface area contributed by atoms with E-state index in [4.69, 9.17) is 5.26 Å². The van der Waals surface area contributed by atoms with E-state index >= 15 is 0 Å². The average Bonchev–Trinajstić information content (AvgIpc) is 2.23. The smallest absolute Gasteiger partial charge is 0.207 e. The van der Waals surface area contributed by atoms with Gasteiger partial charge in [-0.25, -0.2) is 12.8 Å². The highest BCUT2D eigenvalue weighted by molar-refractivity contribution is 7.89. The summed E-state index contributed by atoms with van der Waals surface area (Å²) in [5, 5.41) is 8.78. The molecule has 0 saturated carbocycles. The monoisotopic (exact) mass is 270 g/mol. The molecule has 1 N–H and O–H groups in total. The molecule has 0 radical (unpaired) electrons. The van der Waals surface area contributed by atoms with E-state index in [1.807, 2.05) is 6.07 Å². The van der Waals surface area contributed by atoms with Crippen LogP contribution in [0.2, 0.25) is 0 Å². The predicted octanol–water partition coefficient (Wildman–Crippen LogP) is 2.02. The third-order valence-electron chi connectivity index (χ3n) is 2.56. The van der Waals surface area contributed by atoms with Gasteiger partial charge in [-0.3, -0.25) is 0 Å². The van der Waals surface area contributed by atoms with Gasteiger partial charge < -0.3 is 0 Å². The second kappa shape index (κ2) is 5.46. The number of halogens is 1. The van der Waals surface area contributed by atoms with Gasteiger partial charge in [-0.05, 0) is 43.5 Å². The number of rotatable bonds is 4. The first-order valence-corrected chi connectivity index (χ1v) is 6.98. The zero-order valence-electron chi connectivity index (χ0n) is 10.5. The van der Waals surface area contributed by atoms with Gasteiger partial charge in [-0.1, -0.05) is 6.92 Å². The summed E-state index contributed by atoms with van der Waals surface area (Å²) in [6.45, 7) is 4.76. The molecule has 0 spiro atoms. The fourth-order valence-corrected chi connectivity index (χ4v) is 3.45. The van der Waals surface area contributed by atoms with Crippen molar-refractivity contribution >= 4 is 10.0 Å².